The van der Waals surface area contributed by atoms with Crippen molar-refractivity contribution in [3.63, 3.8) is 0 Å². The Morgan fingerprint density at radius 3 is 2.76 bits per heavy atom. The molecule has 0 fully saturated rings. The number of aliphatic imine (C=N–C) groups is 1. The molecule has 0 spiro atoms. The number of nitrogens with one attached hydrogen (secondary N) is 1. The third-order valence-corrected chi connectivity index (χ3v) is 2.82. The molecule has 0 unspecified atom stereocenters. The van der Waals surface area contributed by atoms with Gasteiger partial charge in [0.25, 0.3) is 0 Å². The average Bonchev–Trinajstić information content (AvgIpc) is 2.30. The van der Waals surface area contributed by atoms with Gasteiger partial charge in [0.1, 0.15) is 11.4 Å². The Morgan fingerprint density at radius 1 is 1.53 bits per heavy atom. The van der Waals surface area contributed by atoms with E-state index in [2.05, 4.69) is 24.2 Å². The molecule has 1 aromatic rings. The third kappa shape index (κ3) is 3.68. The van der Waals surface area contributed by atoms with E-state index >= 15 is 0 Å². The fraction of sp³-hybridized carbons (Fsp3) is 0.333. The first kappa shape index (κ1) is 13.4. The van der Waals surface area contributed by atoms with Crippen molar-refractivity contribution >= 4 is 22.6 Å². The fourth-order valence-electron chi connectivity index (χ4n) is 1.27. The van der Waals surface area contributed by atoms with Gasteiger partial charge in [-0.3, -0.25) is 5.32 Å². The van der Waals surface area contributed by atoms with Crippen LogP contribution in [0.25, 0.3) is 0 Å². The Hall–Kier alpha value is -1.67. The van der Waals surface area contributed by atoms with E-state index in [1.807, 2.05) is 24.6 Å². The molecule has 0 atom stereocenters. The Morgan fingerprint density at radius 2 is 2.24 bits per heavy atom. The summed E-state index contributed by atoms with van der Waals surface area (Å²) in [7, 11) is 0. The maximum Gasteiger partial charge on any atom is 0.183 e. The third-order valence-electron chi connectivity index (χ3n) is 2.24. The lowest BCUT2D eigenvalue weighted by atomic mass is 10.0. The van der Waals surface area contributed by atoms with E-state index in [9.17, 15) is 5.11 Å². The Bertz CT molecular complexity index is 463. The van der Waals surface area contributed by atoms with Gasteiger partial charge in [-0.05, 0) is 29.9 Å². The molecule has 0 aliphatic rings. The largest absolute Gasteiger partial charge is 0.506 e. The van der Waals surface area contributed by atoms with Crippen molar-refractivity contribution in [3.8, 4) is 11.9 Å². The van der Waals surface area contributed by atoms with Crippen molar-refractivity contribution < 1.29 is 5.11 Å². The molecule has 2 N–H and O–H groups in total. The number of hydrogen-bond donors (Lipinski definition) is 2. The van der Waals surface area contributed by atoms with Gasteiger partial charge in [0.2, 0.25) is 0 Å². The molecule has 5 heteroatoms. The first-order chi connectivity index (χ1) is 8.08. The molecule has 0 amide bonds. The minimum atomic E-state index is 0.112. The summed E-state index contributed by atoms with van der Waals surface area (Å²) in [5, 5.41) is 21.2. The highest BCUT2D eigenvalue weighted by atomic mass is 32.2. The van der Waals surface area contributed by atoms with E-state index in [1.165, 1.54) is 11.8 Å². The van der Waals surface area contributed by atoms with E-state index in [1.54, 1.807) is 6.07 Å². The van der Waals surface area contributed by atoms with Crippen LogP contribution in [0.15, 0.2) is 23.2 Å². The van der Waals surface area contributed by atoms with Crippen molar-refractivity contribution in [2.75, 3.05) is 6.26 Å². The average molecular weight is 249 g/mol. The van der Waals surface area contributed by atoms with Crippen LogP contribution in [-0.4, -0.2) is 16.5 Å². The summed E-state index contributed by atoms with van der Waals surface area (Å²) in [5.41, 5.74) is 1.57. The van der Waals surface area contributed by atoms with Gasteiger partial charge in [-0.1, -0.05) is 31.7 Å². The topological polar surface area (TPSA) is 68.4 Å². The zero-order valence-electron chi connectivity index (χ0n) is 10.1. The molecule has 1 aromatic carbocycles. The summed E-state index contributed by atoms with van der Waals surface area (Å²) >= 11 is 1.32. The molecule has 17 heavy (non-hydrogen) atoms. The number of thioether (sulfide) groups is 1. The van der Waals surface area contributed by atoms with E-state index in [4.69, 9.17) is 5.26 Å². The van der Waals surface area contributed by atoms with Crippen LogP contribution in [-0.2, 0) is 0 Å². The van der Waals surface area contributed by atoms with E-state index < -0.39 is 0 Å². The van der Waals surface area contributed by atoms with Crippen LogP contribution < -0.4 is 5.32 Å². The molecule has 0 heterocycles. The first-order valence-electron chi connectivity index (χ1n) is 5.19. The summed E-state index contributed by atoms with van der Waals surface area (Å²) in [5.74, 6) is 0.479. The highest BCUT2D eigenvalue weighted by Gasteiger charge is 2.06. The Kier molecular flexibility index (Phi) is 4.85. The summed E-state index contributed by atoms with van der Waals surface area (Å²) in [6.07, 6.45) is 3.62. The predicted molar refractivity (Wildman–Crippen MR) is 71.6 cm³/mol. The van der Waals surface area contributed by atoms with Crippen molar-refractivity contribution in [1.82, 2.24) is 5.32 Å². The smallest absolute Gasteiger partial charge is 0.183 e. The number of rotatable bonds is 2. The van der Waals surface area contributed by atoms with Crippen LogP contribution >= 0.6 is 11.8 Å². The monoisotopic (exact) mass is 249 g/mol. The van der Waals surface area contributed by atoms with Crippen LogP contribution in [0.2, 0.25) is 0 Å². The van der Waals surface area contributed by atoms with Gasteiger partial charge in [0.05, 0.1) is 0 Å². The minimum absolute atomic E-state index is 0.112. The molecule has 0 aromatic heterocycles. The highest BCUT2D eigenvalue weighted by Crippen LogP contribution is 2.30. The molecule has 0 saturated heterocycles. The zero-order chi connectivity index (χ0) is 12.8. The lowest BCUT2D eigenvalue weighted by molar-refractivity contribution is 0.476. The molecule has 1 rings (SSSR count). The maximum absolute atomic E-state index is 9.70. The highest BCUT2D eigenvalue weighted by molar-refractivity contribution is 8.13. The molecule has 0 aliphatic carbocycles. The van der Waals surface area contributed by atoms with E-state index in [0.29, 0.717) is 16.8 Å². The van der Waals surface area contributed by atoms with Gasteiger partial charge in [-0.2, -0.15) is 5.26 Å². The van der Waals surface area contributed by atoms with Crippen LogP contribution in [0.5, 0.6) is 5.75 Å². The zero-order valence-corrected chi connectivity index (χ0v) is 10.9. The standard InChI is InChI=1S/C12H15N3OS/c1-8(2)9-4-5-11(16)10(6-9)15-12(17-3)14-7-13/h4-6,8,16H,1-3H3,(H,14,15). The normalized spacial score (nSPS) is 11.4. The lowest BCUT2D eigenvalue weighted by Crippen LogP contribution is -2.12. The van der Waals surface area contributed by atoms with Crippen LogP contribution in [0.4, 0.5) is 5.69 Å². The molecule has 0 aliphatic heterocycles. The molecular formula is C12H15N3OS. The quantitative estimate of drug-likeness (QED) is 0.366. The fourth-order valence-corrected chi connectivity index (χ4v) is 1.61. The number of nitrogens with zero attached hydrogens (tertiary/aromatic N) is 2. The van der Waals surface area contributed by atoms with Crippen LogP contribution in [0, 0.1) is 11.5 Å². The van der Waals surface area contributed by atoms with Crippen molar-refractivity contribution in [2.45, 2.75) is 19.8 Å². The number of aromatic hydroxyl groups is 1. The van der Waals surface area contributed by atoms with Crippen molar-refractivity contribution in [2.24, 2.45) is 4.99 Å². The second-order valence-corrected chi connectivity index (χ2v) is 4.56. The molecule has 0 radical (unpaired) electrons. The van der Waals surface area contributed by atoms with E-state index in [-0.39, 0.29) is 5.75 Å². The number of phenolic OH excluding ortho intramolecular Hbond substituents is 1. The number of amidine groups is 1. The molecular weight excluding hydrogens is 234 g/mol. The lowest BCUT2D eigenvalue weighted by Gasteiger charge is -2.08. The van der Waals surface area contributed by atoms with Gasteiger partial charge < -0.3 is 5.11 Å². The number of phenols is 1. The van der Waals surface area contributed by atoms with Gasteiger partial charge in [0, 0.05) is 0 Å². The first-order valence-corrected chi connectivity index (χ1v) is 6.41. The number of benzene rings is 1. The molecule has 0 saturated carbocycles. The van der Waals surface area contributed by atoms with Crippen molar-refractivity contribution in [3.05, 3.63) is 23.8 Å². The summed E-state index contributed by atoms with van der Waals surface area (Å²) < 4.78 is 0. The molecule has 4 nitrogen and oxygen atoms in total. The second-order valence-electron chi connectivity index (χ2n) is 3.76. The van der Waals surface area contributed by atoms with E-state index in [0.717, 1.165) is 5.56 Å². The van der Waals surface area contributed by atoms with Gasteiger partial charge >= 0.3 is 0 Å². The minimum Gasteiger partial charge on any atom is -0.506 e. The van der Waals surface area contributed by atoms with Crippen LogP contribution in [0.3, 0.4) is 0 Å². The summed E-state index contributed by atoms with van der Waals surface area (Å²) in [6, 6.07) is 5.32. The van der Waals surface area contributed by atoms with Crippen LogP contribution in [0.1, 0.15) is 25.3 Å². The van der Waals surface area contributed by atoms with Crippen molar-refractivity contribution in [1.29, 1.82) is 5.26 Å². The summed E-state index contributed by atoms with van der Waals surface area (Å²) in [6.45, 7) is 4.14. The predicted octanol–water partition coefficient (Wildman–Crippen LogP) is 2.94. The Labute approximate surface area is 105 Å². The SMILES string of the molecule is CSC(=Nc1cc(C(C)C)ccc1O)NC#N. The van der Waals surface area contributed by atoms with Gasteiger partial charge in [0.15, 0.2) is 11.4 Å². The maximum atomic E-state index is 9.70. The Balaban J connectivity index is 3.12. The van der Waals surface area contributed by atoms with Gasteiger partial charge in [-0.15, -0.1) is 0 Å². The van der Waals surface area contributed by atoms with Gasteiger partial charge in [-0.25, -0.2) is 4.99 Å². The number of hydrogen-bond acceptors (Lipinski definition) is 4. The summed E-state index contributed by atoms with van der Waals surface area (Å²) in [4.78, 5) is 4.21. The molecule has 90 valence electrons. The second kappa shape index (κ2) is 6.16. The molecule has 0 bridgehead atoms. The number of nitriles is 1.